The van der Waals surface area contributed by atoms with Crippen molar-refractivity contribution < 1.29 is 17.9 Å². The third-order valence-electron chi connectivity index (χ3n) is 4.32. The monoisotopic (exact) mass is 390 g/mol. The van der Waals surface area contributed by atoms with Crippen molar-refractivity contribution in [1.82, 2.24) is 5.32 Å². The summed E-state index contributed by atoms with van der Waals surface area (Å²) in [6.07, 6.45) is 1.08. The number of carbonyl (C=O) groups excluding carboxylic acids is 1. The predicted molar refractivity (Wildman–Crippen MR) is 108 cm³/mol. The van der Waals surface area contributed by atoms with E-state index in [2.05, 4.69) is 11.4 Å². The van der Waals surface area contributed by atoms with Gasteiger partial charge in [-0.05, 0) is 56.2 Å². The maximum Gasteiger partial charge on any atom is 0.241 e. The minimum absolute atomic E-state index is 0.227. The summed E-state index contributed by atoms with van der Waals surface area (Å²) in [5, 5.41) is 2.88. The molecule has 0 saturated carbocycles. The van der Waals surface area contributed by atoms with Crippen molar-refractivity contribution in [2.24, 2.45) is 0 Å². The van der Waals surface area contributed by atoms with Crippen LogP contribution in [0.1, 0.15) is 29.7 Å². The molecule has 2 aromatic carbocycles. The van der Waals surface area contributed by atoms with E-state index < -0.39 is 10.0 Å². The third kappa shape index (κ3) is 5.47. The maximum absolute atomic E-state index is 12.5. The molecule has 0 bridgehead atoms. The van der Waals surface area contributed by atoms with Gasteiger partial charge in [-0.3, -0.25) is 9.10 Å². The SMILES string of the molecule is COc1ccc(N(CC(=O)N[C@@H](C)c2ccc(C)cc2C)S(C)(=O)=O)cc1. The number of anilines is 1. The van der Waals surface area contributed by atoms with Crippen LogP contribution in [0.5, 0.6) is 5.75 Å². The predicted octanol–water partition coefficient (Wildman–Crippen LogP) is 2.96. The van der Waals surface area contributed by atoms with Crippen molar-refractivity contribution in [3.05, 3.63) is 59.2 Å². The first kappa shape index (κ1) is 20.8. The first-order valence-corrected chi connectivity index (χ1v) is 10.4. The number of rotatable bonds is 7. The Kier molecular flexibility index (Phi) is 6.49. The Bertz CT molecular complexity index is 908. The van der Waals surface area contributed by atoms with Gasteiger partial charge in [-0.2, -0.15) is 0 Å². The van der Waals surface area contributed by atoms with Gasteiger partial charge in [0.2, 0.25) is 15.9 Å². The zero-order valence-corrected chi connectivity index (χ0v) is 17.1. The van der Waals surface area contributed by atoms with Crippen LogP contribution in [0.4, 0.5) is 5.69 Å². The van der Waals surface area contributed by atoms with E-state index in [0.717, 1.165) is 27.3 Å². The van der Waals surface area contributed by atoms with Gasteiger partial charge in [-0.1, -0.05) is 23.8 Å². The highest BCUT2D eigenvalue weighted by atomic mass is 32.2. The average Bonchev–Trinajstić information content (AvgIpc) is 2.58. The second-order valence-electron chi connectivity index (χ2n) is 6.62. The highest BCUT2D eigenvalue weighted by Gasteiger charge is 2.22. The molecule has 0 fully saturated rings. The van der Waals surface area contributed by atoms with Crippen LogP contribution in [0.25, 0.3) is 0 Å². The molecule has 1 N–H and O–H groups in total. The van der Waals surface area contributed by atoms with Crippen LogP contribution >= 0.6 is 0 Å². The van der Waals surface area contributed by atoms with Gasteiger partial charge >= 0.3 is 0 Å². The van der Waals surface area contributed by atoms with Gasteiger partial charge in [-0.25, -0.2) is 8.42 Å². The Morgan fingerprint density at radius 1 is 1.15 bits per heavy atom. The Hall–Kier alpha value is -2.54. The summed E-state index contributed by atoms with van der Waals surface area (Å²) in [5.74, 6) is 0.240. The molecule has 146 valence electrons. The van der Waals surface area contributed by atoms with Crippen molar-refractivity contribution in [2.45, 2.75) is 26.8 Å². The fourth-order valence-electron chi connectivity index (χ4n) is 2.96. The third-order valence-corrected chi connectivity index (χ3v) is 5.46. The molecule has 0 aliphatic heterocycles. The average molecular weight is 391 g/mol. The largest absolute Gasteiger partial charge is 0.497 e. The number of aryl methyl sites for hydroxylation is 2. The van der Waals surface area contributed by atoms with Crippen molar-refractivity contribution in [1.29, 1.82) is 0 Å². The molecule has 7 heteroatoms. The molecular weight excluding hydrogens is 364 g/mol. The lowest BCUT2D eigenvalue weighted by Gasteiger charge is -2.24. The summed E-state index contributed by atoms with van der Waals surface area (Å²) in [5.41, 5.74) is 3.65. The van der Waals surface area contributed by atoms with Gasteiger partial charge in [0.15, 0.2) is 0 Å². The summed E-state index contributed by atoms with van der Waals surface area (Å²) >= 11 is 0. The minimum atomic E-state index is -3.62. The van der Waals surface area contributed by atoms with Crippen LogP contribution in [-0.2, 0) is 14.8 Å². The summed E-state index contributed by atoms with van der Waals surface area (Å²) in [6.45, 7) is 5.60. The zero-order valence-electron chi connectivity index (χ0n) is 16.3. The van der Waals surface area contributed by atoms with Crippen molar-refractivity contribution in [3.63, 3.8) is 0 Å². The van der Waals surface area contributed by atoms with Gasteiger partial charge in [-0.15, -0.1) is 0 Å². The number of ether oxygens (including phenoxy) is 1. The number of amides is 1. The Labute approximate surface area is 161 Å². The standard InChI is InChI=1S/C20H26N2O4S/c1-14-6-11-19(15(2)12-14)16(3)21-20(23)13-22(27(5,24)25)17-7-9-18(26-4)10-8-17/h6-12,16H,13H2,1-5H3,(H,21,23)/t16-/m0/s1. The number of sulfonamides is 1. The Balaban J connectivity index is 2.16. The van der Waals surface area contributed by atoms with Gasteiger partial charge < -0.3 is 10.1 Å². The molecule has 1 amide bonds. The van der Waals surface area contributed by atoms with E-state index in [1.807, 2.05) is 32.9 Å². The second-order valence-corrected chi connectivity index (χ2v) is 8.52. The van der Waals surface area contributed by atoms with Crippen molar-refractivity contribution >= 4 is 21.6 Å². The van der Waals surface area contributed by atoms with Gasteiger partial charge in [0.05, 0.1) is 25.1 Å². The normalized spacial score (nSPS) is 12.3. The molecule has 0 saturated heterocycles. The van der Waals surface area contributed by atoms with E-state index >= 15 is 0 Å². The van der Waals surface area contributed by atoms with Crippen molar-refractivity contribution in [2.75, 3.05) is 24.2 Å². The lowest BCUT2D eigenvalue weighted by Crippen LogP contribution is -2.41. The first-order chi connectivity index (χ1) is 12.6. The van der Waals surface area contributed by atoms with Gasteiger partial charge in [0.25, 0.3) is 0 Å². The molecule has 0 aromatic heterocycles. The van der Waals surface area contributed by atoms with Crippen LogP contribution in [0.3, 0.4) is 0 Å². The molecular formula is C20H26N2O4S. The second kappa shape index (κ2) is 8.43. The highest BCUT2D eigenvalue weighted by Crippen LogP contribution is 2.22. The topological polar surface area (TPSA) is 75.7 Å². The molecule has 0 aliphatic rings. The molecule has 1 atom stereocenters. The summed E-state index contributed by atoms with van der Waals surface area (Å²) in [6, 6.07) is 12.3. The molecule has 27 heavy (non-hydrogen) atoms. The molecule has 0 heterocycles. The van der Waals surface area contributed by atoms with E-state index in [9.17, 15) is 13.2 Å². The number of nitrogens with zero attached hydrogens (tertiary/aromatic N) is 1. The van der Waals surface area contributed by atoms with Crippen LogP contribution in [-0.4, -0.2) is 34.2 Å². The lowest BCUT2D eigenvalue weighted by molar-refractivity contribution is -0.120. The summed E-state index contributed by atoms with van der Waals surface area (Å²) in [7, 11) is -2.08. The molecule has 0 unspecified atom stereocenters. The fourth-order valence-corrected chi connectivity index (χ4v) is 3.81. The van der Waals surface area contributed by atoms with Crippen molar-refractivity contribution in [3.8, 4) is 5.75 Å². The zero-order chi connectivity index (χ0) is 20.2. The summed E-state index contributed by atoms with van der Waals surface area (Å²) in [4.78, 5) is 12.5. The lowest BCUT2D eigenvalue weighted by atomic mass is 10.0. The number of benzene rings is 2. The molecule has 0 radical (unpaired) electrons. The van der Waals surface area contributed by atoms with Gasteiger partial charge in [0, 0.05) is 0 Å². The number of methoxy groups -OCH3 is 1. The van der Waals surface area contributed by atoms with E-state index in [1.165, 1.54) is 7.11 Å². The van der Waals surface area contributed by atoms with E-state index in [4.69, 9.17) is 4.74 Å². The molecule has 6 nitrogen and oxygen atoms in total. The van der Waals surface area contributed by atoms with Crippen LogP contribution in [0.15, 0.2) is 42.5 Å². The van der Waals surface area contributed by atoms with Crippen LogP contribution in [0.2, 0.25) is 0 Å². The maximum atomic E-state index is 12.5. The molecule has 2 aromatic rings. The minimum Gasteiger partial charge on any atom is -0.497 e. The number of hydrogen-bond donors (Lipinski definition) is 1. The smallest absolute Gasteiger partial charge is 0.241 e. The Morgan fingerprint density at radius 3 is 2.30 bits per heavy atom. The van der Waals surface area contributed by atoms with E-state index in [1.54, 1.807) is 24.3 Å². The van der Waals surface area contributed by atoms with Crippen LogP contribution < -0.4 is 14.4 Å². The molecule has 0 spiro atoms. The number of nitrogens with one attached hydrogen (secondary N) is 1. The molecule has 2 rings (SSSR count). The van der Waals surface area contributed by atoms with Gasteiger partial charge in [0.1, 0.15) is 12.3 Å². The molecule has 0 aliphatic carbocycles. The number of carbonyl (C=O) groups is 1. The van der Waals surface area contributed by atoms with E-state index in [-0.39, 0.29) is 18.5 Å². The Morgan fingerprint density at radius 2 is 1.78 bits per heavy atom. The quantitative estimate of drug-likeness (QED) is 0.789. The fraction of sp³-hybridized carbons (Fsp3) is 0.350. The highest BCUT2D eigenvalue weighted by molar-refractivity contribution is 7.92. The summed E-state index contributed by atoms with van der Waals surface area (Å²) < 4.78 is 30.5. The van der Waals surface area contributed by atoms with E-state index in [0.29, 0.717) is 11.4 Å². The first-order valence-electron chi connectivity index (χ1n) is 8.60. The van der Waals surface area contributed by atoms with Crippen LogP contribution in [0, 0.1) is 13.8 Å². The number of hydrogen-bond acceptors (Lipinski definition) is 4.